The largest absolute Gasteiger partial charge is 0.480 e. The van der Waals surface area contributed by atoms with Crippen LogP contribution in [-0.4, -0.2) is 43.2 Å². The van der Waals surface area contributed by atoms with Crippen LogP contribution in [0.25, 0.3) is 10.9 Å². The van der Waals surface area contributed by atoms with E-state index in [0.29, 0.717) is 17.4 Å². The van der Waals surface area contributed by atoms with E-state index in [9.17, 15) is 29.0 Å². The van der Waals surface area contributed by atoms with Crippen molar-refractivity contribution < 1.29 is 29.0 Å². The van der Waals surface area contributed by atoms with E-state index in [1.165, 1.54) is 12.3 Å². The van der Waals surface area contributed by atoms with Crippen molar-refractivity contribution in [3.63, 3.8) is 0 Å². The summed E-state index contributed by atoms with van der Waals surface area (Å²) < 4.78 is 12.5. The summed E-state index contributed by atoms with van der Waals surface area (Å²) in [4.78, 5) is 42.8. The first kappa shape index (κ1) is 21.1. The van der Waals surface area contributed by atoms with Crippen molar-refractivity contribution in [1.82, 2.24) is 9.65 Å². The number of rotatable bonds is 8. The molecule has 0 aliphatic heterocycles. The number of fused-ring (bicyclic) bond motifs is 1. The number of carbonyl (C=O) groups excluding carboxylic acids is 1. The molecule has 0 unspecified atom stereocenters. The molecule has 0 aliphatic rings. The molecule has 1 amide bonds. The summed E-state index contributed by atoms with van der Waals surface area (Å²) in [5.74, 6) is -1.65. The number of nitrogens with two attached hydrogens (primary N) is 1. The lowest BCUT2D eigenvalue weighted by atomic mass is 10.0. The number of carboxylic acid groups (broad SMARTS) is 1. The van der Waals surface area contributed by atoms with Crippen molar-refractivity contribution in [1.29, 1.82) is 0 Å². The van der Waals surface area contributed by atoms with Gasteiger partial charge in [0.1, 0.15) is 6.04 Å². The second-order valence-corrected chi connectivity index (χ2v) is 8.33. The van der Waals surface area contributed by atoms with Gasteiger partial charge in [-0.2, -0.15) is 0 Å². The number of nitrogens with zero attached hydrogens (tertiary/aromatic N) is 1. The Hall–Kier alpha value is -2.19. The Morgan fingerprint density at radius 1 is 1.26 bits per heavy atom. The number of hydrogen-bond acceptors (Lipinski definition) is 4. The van der Waals surface area contributed by atoms with Crippen molar-refractivity contribution in [3.05, 3.63) is 36.0 Å². The van der Waals surface area contributed by atoms with Crippen LogP contribution < -0.4 is 11.1 Å². The zero-order chi connectivity index (χ0) is 20.4. The predicted octanol–water partition coefficient (Wildman–Crippen LogP) is 1.07. The van der Waals surface area contributed by atoms with Crippen LogP contribution in [0.1, 0.15) is 25.8 Å². The van der Waals surface area contributed by atoms with Crippen LogP contribution in [0.4, 0.5) is 0 Å². The van der Waals surface area contributed by atoms with E-state index in [1.54, 1.807) is 18.2 Å². The zero-order valence-electron chi connectivity index (χ0n) is 15.1. The van der Waals surface area contributed by atoms with Gasteiger partial charge in [0.05, 0.1) is 11.6 Å². The third kappa shape index (κ3) is 5.17. The fourth-order valence-corrected chi connectivity index (χ4v) is 3.67. The summed E-state index contributed by atoms with van der Waals surface area (Å²) in [6.07, 6.45) is 1.50. The Kier molecular flexibility index (Phi) is 6.43. The van der Waals surface area contributed by atoms with Crippen molar-refractivity contribution in [2.75, 3.05) is 0 Å². The smallest absolute Gasteiger partial charge is 0.434 e. The minimum Gasteiger partial charge on any atom is -0.480 e. The molecule has 1 aromatic carbocycles. The Balaban J connectivity index is 2.31. The summed E-state index contributed by atoms with van der Waals surface area (Å²) >= 11 is 0. The van der Waals surface area contributed by atoms with E-state index in [1.807, 2.05) is 13.8 Å². The highest BCUT2D eigenvalue weighted by Gasteiger charge is 2.27. The van der Waals surface area contributed by atoms with Crippen molar-refractivity contribution in [2.24, 2.45) is 11.7 Å². The Bertz CT molecular complexity index is 888. The molecule has 2 atom stereocenters. The molecule has 0 saturated carbocycles. The van der Waals surface area contributed by atoms with Gasteiger partial charge in [0, 0.05) is 18.0 Å². The highest BCUT2D eigenvalue weighted by molar-refractivity contribution is 7.50. The summed E-state index contributed by atoms with van der Waals surface area (Å²) in [6, 6.07) is 4.38. The first-order valence-corrected chi connectivity index (χ1v) is 10.0. The van der Waals surface area contributed by atoms with E-state index in [4.69, 9.17) is 5.73 Å². The molecule has 1 heterocycles. The molecule has 0 bridgehead atoms. The monoisotopic (exact) mass is 397 g/mol. The minimum atomic E-state index is -4.61. The lowest BCUT2D eigenvalue weighted by Gasteiger charge is -2.18. The van der Waals surface area contributed by atoms with Gasteiger partial charge in [-0.25, -0.2) is 9.36 Å². The average Bonchev–Trinajstić information content (AvgIpc) is 2.92. The Labute approximate surface area is 156 Å². The normalized spacial score (nSPS) is 14.3. The van der Waals surface area contributed by atoms with Crippen LogP contribution in [-0.2, 0) is 20.6 Å². The number of carboxylic acids is 1. The predicted molar refractivity (Wildman–Crippen MR) is 100 cm³/mol. The molecule has 0 saturated heterocycles. The minimum absolute atomic E-state index is 0.136. The van der Waals surface area contributed by atoms with Crippen LogP contribution in [0.2, 0.25) is 0 Å². The Morgan fingerprint density at radius 3 is 2.44 bits per heavy atom. The molecule has 1 aromatic heterocycles. The van der Waals surface area contributed by atoms with Gasteiger partial charge in [-0.15, -0.1) is 0 Å². The van der Waals surface area contributed by atoms with Crippen molar-refractivity contribution in [3.8, 4) is 0 Å². The molecule has 2 rings (SSSR count). The summed E-state index contributed by atoms with van der Waals surface area (Å²) in [5, 5.41) is 12.4. The van der Waals surface area contributed by atoms with E-state index in [-0.39, 0.29) is 17.9 Å². The lowest BCUT2D eigenvalue weighted by molar-refractivity contribution is -0.142. The molecule has 0 spiro atoms. The van der Waals surface area contributed by atoms with Gasteiger partial charge in [0.25, 0.3) is 0 Å². The maximum absolute atomic E-state index is 12.2. The number of para-hydroxylation sites is 1. The van der Waals surface area contributed by atoms with Crippen LogP contribution in [0, 0.1) is 5.92 Å². The first-order valence-electron chi connectivity index (χ1n) is 8.44. The zero-order valence-corrected chi connectivity index (χ0v) is 16.0. The molecule has 10 heteroatoms. The second kappa shape index (κ2) is 8.22. The molecular weight excluding hydrogens is 373 g/mol. The number of benzene rings is 1. The topological polar surface area (TPSA) is 155 Å². The average molecular weight is 397 g/mol. The number of aromatic nitrogens is 1. The van der Waals surface area contributed by atoms with Crippen molar-refractivity contribution in [2.45, 2.75) is 38.8 Å². The van der Waals surface area contributed by atoms with Gasteiger partial charge < -0.3 is 25.9 Å². The van der Waals surface area contributed by atoms with E-state index < -0.39 is 31.7 Å². The molecule has 0 radical (unpaired) electrons. The maximum Gasteiger partial charge on any atom is 0.434 e. The fraction of sp³-hybridized carbons (Fsp3) is 0.412. The van der Waals surface area contributed by atoms with E-state index in [2.05, 4.69) is 5.32 Å². The lowest BCUT2D eigenvalue weighted by Crippen LogP contribution is -2.49. The third-order valence-electron chi connectivity index (χ3n) is 4.16. The van der Waals surface area contributed by atoms with Gasteiger partial charge in [-0.3, -0.25) is 9.13 Å². The van der Waals surface area contributed by atoms with Crippen LogP contribution >= 0.6 is 7.75 Å². The number of carbonyl (C=O) groups is 2. The van der Waals surface area contributed by atoms with Gasteiger partial charge >= 0.3 is 13.7 Å². The maximum atomic E-state index is 12.2. The van der Waals surface area contributed by atoms with Crippen molar-refractivity contribution >= 4 is 30.5 Å². The van der Waals surface area contributed by atoms with Gasteiger partial charge in [-0.1, -0.05) is 32.0 Å². The van der Waals surface area contributed by atoms with E-state index >= 15 is 0 Å². The van der Waals surface area contributed by atoms with Gasteiger partial charge in [-0.05, 0) is 24.0 Å². The van der Waals surface area contributed by atoms with Gasteiger partial charge in [0.2, 0.25) is 5.91 Å². The molecule has 0 aliphatic carbocycles. The van der Waals surface area contributed by atoms with Crippen LogP contribution in [0.5, 0.6) is 0 Å². The highest BCUT2D eigenvalue weighted by Crippen LogP contribution is 2.42. The number of amides is 1. The first-order chi connectivity index (χ1) is 12.5. The SMILES string of the molecule is CC(C)C[C@H](N)C(=O)N[C@@H](Cc1cn(P(=O)(O)O)c2ccccc12)C(=O)O. The standard InChI is InChI=1S/C17H24N3O6P/c1-10(2)7-13(18)16(21)19-14(17(22)23)8-11-9-20(27(24,25)26)15-6-4-3-5-12(11)15/h3-6,9-10,13-14H,7-8,18H2,1-2H3,(H,19,21)(H,22,23)(H2,24,25,26)/t13-,14-/m0/s1. The van der Waals surface area contributed by atoms with E-state index in [0.717, 1.165) is 4.34 Å². The third-order valence-corrected chi connectivity index (χ3v) is 5.05. The van der Waals surface area contributed by atoms with Gasteiger partial charge in [0.15, 0.2) is 0 Å². The number of aliphatic carboxylic acids is 1. The summed E-state index contributed by atoms with van der Waals surface area (Å²) in [5.41, 5.74) is 6.49. The summed E-state index contributed by atoms with van der Waals surface area (Å²) in [7, 11) is -4.61. The molecule has 6 N–H and O–H groups in total. The molecular formula is C17H24N3O6P. The molecule has 0 fully saturated rings. The molecule has 27 heavy (non-hydrogen) atoms. The summed E-state index contributed by atoms with van der Waals surface area (Å²) in [6.45, 7) is 3.80. The molecule has 2 aromatic rings. The quantitative estimate of drug-likeness (QED) is 0.417. The number of hydrogen-bond donors (Lipinski definition) is 5. The van der Waals surface area contributed by atoms with Crippen LogP contribution in [0.3, 0.4) is 0 Å². The second-order valence-electron chi connectivity index (χ2n) is 6.87. The Morgan fingerprint density at radius 2 is 1.89 bits per heavy atom. The molecule has 148 valence electrons. The number of nitrogens with one attached hydrogen (secondary N) is 1. The fourth-order valence-electron chi connectivity index (χ4n) is 2.92. The highest BCUT2D eigenvalue weighted by atomic mass is 31.2. The van der Waals surface area contributed by atoms with Crippen LogP contribution in [0.15, 0.2) is 30.5 Å². The molecule has 9 nitrogen and oxygen atoms in total.